The highest BCUT2D eigenvalue weighted by Crippen LogP contribution is 2.23. The number of carbonyl (C=O) groups excluding carboxylic acids is 1. The van der Waals surface area contributed by atoms with Gasteiger partial charge in [0.05, 0.1) is 16.8 Å². The van der Waals surface area contributed by atoms with E-state index in [1.54, 1.807) is 6.07 Å². The normalized spacial score (nSPS) is 10.2. The molecule has 0 saturated heterocycles. The van der Waals surface area contributed by atoms with Gasteiger partial charge in [-0.3, -0.25) is 4.79 Å². The van der Waals surface area contributed by atoms with E-state index in [0.717, 1.165) is 6.07 Å². The number of anilines is 1. The summed E-state index contributed by atoms with van der Waals surface area (Å²) >= 11 is 6.34. The smallest absolute Gasteiger partial charge is 0.337 e. The van der Waals surface area contributed by atoms with Crippen molar-refractivity contribution < 1.29 is 19.1 Å². The Morgan fingerprint density at radius 3 is 2.29 bits per heavy atom. The molecule has 0 fully saturated rings. The Morgan fingerprint density at radius 2 is 1.62 bits per heavy atom. The van der Waals surface area contributed by atoms with E-state index in [4.69, 9.17) is 5.11 Å². The Morgan fingerprint density at radius 1 is 1.00 bits per heavy atom. The van der Waals surface area contributed by atoms with Crippen LogP contribution in [0.2, 0.25) is 0 Å². The molecule has 4 nitrogen and oxygen atoms in total. The summed E-state index contributed by atoms with van der Waals surface area (Å²) in [4.78, 5) is 23.2. The maximum Gasteiger partial charge on any atom is 0.337 e. The summed E-state index contributed by atoms with van der Waals surface area (Å²) in [6.45, 7) is 0. The lowest BCUT2D eigenvalue weighted by molar-refractivity contribution is 0.0698. The van der Waals surface area contributed by atoms with Gasteiger partial charge in [-0.15, -0.1) is 0 Å². The summed E-state index contributed by atoms with van der Waals surface area (Å²) in [5, 5.41) is 11.5. The van der Waals surface area contributed by atoms with Crippen LogP contribution in [0.3, 0.4) is 0 Å². The van der Waals surface area contributed by atoms with E-state index in [9.17, 15) is 14.0 Å². The summed E-state index contributed by atoms with van der Waals surface area (Å²) in [7, 11) is 0. The molecule has 0 aliphatic carbocycles. The molecule has 0 bridgehead atoms. The van der Waals surface area contributed by atoms with Gasteiger partial charge in [-0.25, -0.2) is 9.18 Å². The van der Waals surface area contributed by atoms with Crippen LogP contribution in [0.25, 0.3) is 0 Å². The van der Waals surface area contributed by atoms with Gasteiger partial charge >= 0.3 is 5.97 Å². The van der Waals surface area contributed by atoms with E-state index in [1.165, 1.54) is 24.3 Å². The summed E-state index contributed by atoms with van der Waals surface area (Å²) in [5.74, 6) is -2.61. The Kier molecular flexibility index (Phi) is 4.74. The number of carbonyl (C=O) groups is 2. The second kappa shape index (κ2) is 6.36. The molecule has 2 aromatic carbocycles. The largest absolute Gasteiger partial charge is 0.478 e. The van der Waals surface area contributed by atoms with Crippen LogP contribution in [0.15, 0.2) is 45.3 Å². The van der Waals surface area contributed by atoms with Gasteiger partial charge in [0.15, 0.2) is 0 Å². The van der Waals surface area contributed by atoms with E-state index in [0.29, 0.717) is 8.95 Å². The van der Waals surface area contributed by atoms with Crippen molar-refractivity contribution in [3.8, 4) is 0 Å². The van der Waals surface area contributed by atoms with Crippen molar-refractivity contribution >= 4 is 49.4 Å². The number of aromatic carboxylic acids is 1. The molecule has 108 valence electrons. The summed E-state index contributed by atoms with van der Waals surface area (Å²) < 4.78 is 14.8. The summed E-state index contributed by atoms with van der Waals surface area (Å²) in [6, 6.07) is 8.27. The van der Waals surface area contributed by atoms with Crippen molar-refractivity contribution in [3.63, 3.8) is 0 Å². The second-order valence-corrected chi connectivity index (χ2v) is 5.90. The first-order chi connectivity index (χ1) is 9.88. The first-order valence-electron chi connectivity index (χ1n) is 5.67. The first kappa shape index (κ1) is 15.7. The van der Waals surface area contributed by atoms with Crippen molar-refractivity contribution in [2.24, 2.45) is 0 Å². The van der Waals surface area contributed by atoms with Gasteiger partial charge < -0.3 is 10.4 Å². The van der Waals surface area contributed by atoms with Crippen LogP contribution in [0.1, 0.15) is 20.7 Å². The molecule has 0 saturated carbocycles. The summed E-state index contributed by atoms with van der Waals surface area (Å²) in [6.07, 6.45) is 0. The number of halogens is 3. The van der Waals surface area contributed by atoms with Crippen LogP contribution in [-0.4, -0.2) is 17.0 Å². The lowest BCUT2D eigenvalue weighted by Gasteiger charge is -2.10. The molecule has 0 atom stereocenters. The predicted octanol–water partition coefficient (Wildman–Crippen LogP) is 4.30. The highest BCUT2D eigenvalue weighted by atomic mass is 79.9. The lowest BCUT2D eigenvalue weighted by atomic mass is 10.1. The molecule has 2 N–H and O–H groups in total. The zero-order valence-electron chi connectivity index (χ0n) is 10.4. The van der Waals surface area contributed by atoms with E-state index >= 15 is 0 Å². The fourth-order valence-corrected chi connectivity index (χ4v) is 2.39. The molecular formula is C14H8Br2FNO3. The first-order valence-corrected chi connectivity index (χ1v) is 7.26. The quantitative estimate of drug-likeness (QED) is 0.783. The van der Waals surface area contributed by atoms with Crippen LogP contribution in [-0.2, 0) is 0 Å². The zero-order valence-corrected chi connectivity index (χ0v) is 13.5. The maximum absolute atomic E-state index is 13.7. The van der Waals surface area contributed by atoms with Gasteiger partial charge in [-0.1, -0.05) is 31.9 Å². The molecule has 0 aliphatic rings. The Bertz CT molecular complexity index is 734. The Balaban J connectivity index is 2.38. The summed E-state index contributed by atoms with van der Waals surface area (Å²) in [5.41, 5.74) is -0.177. The minimum atomic E-state index is -1.19. The van der Waals surface area contributed by atoms with Crippen molar-refractivity contribution in [1.29, 1.82) is 0 Å². The molecule has 21 heavy (non-hydrogen) atoms. The molecule has 0 spiro atoms. The Hall–Kier alpha value is -1.73. The highest BCUT2D eigenvalue weighted by Gasteiger charge is 2.16. The molecular weight excluding hydrogens is 409 g/mol. The van der Waals surface area contributed by atoms with Gasteiger partial charge in [-0.05, 0) is 36.4 Å². The third-order valence-corrected chi connectivity index (χ3v) is 3.62. The number of hydrogen-bond donors (Lipinski definition) is 2. The van der Waals surface area contributed by atoms with Gasteiger partial charge in [0.25, 0.3) is 5.91 Å². The molecule has 0 aliphatic heterocycles. The van der Waals surface area contributed by atoms with Crippen LogP contribution in [0.5, 0.6) is 0 Å². The van der Waals surface area contributed by atoms with E-state index in [-0.39, 0.29) is 16.8 Å². The molecule has 2 aromatic rings. The standard InChI is InChI=1S/C14H8Br2FNO3/c15-7-2-4-11(17)10(5-7)13(19)18-12-6-8(16)1-3-9(12)14(20)21/h1-6H,(H,18,19)(H,20,21). The number of rotatable bonds is 3. The van der Waals surface area contributed by atoms with Gasteiger partial charge in [0, 0.05) is 8.95 Å². The fourth-order valence-electron chi connectivity index (χ4n) is 1.67. The Labute approximate surface area is 136 Å². The van der Waals surface area contributed by atoms with Crippen molar-refractivity contribution in [1.82, 2.24) is 0 Å². The van der Waals surface area contributed by atoms with E-state index < -0.39 is 17.7 Å². The predicted molar refractivity (Wildman–Crippen MR) is 83.2 cm³/mol. The average molecular weight is 417 g/mol. The number of benzene rings is 2. The molecule has 2 rings (SSSR count). The monoisotopic (exact) mass is 415 g/mol. The van der Waals surface area contributed by atoms with Crippen LogP contribution in [0.4, 0.5) is 10.1 Å². The third-order valence-electron chi connectivity index (χ3n) is 2.63. The van der Waals surface area contributed by atoms with Crippen molar-refractivity contribution in [2.45, 2.75) is 0 Å². The van der Waals surface area contributed by atoms with E-state index in [1.807, 2.05) is 0 Å². The third kappa shape index (κ3) is 3.68. The number of nitrogens with one attached hydrogen (secondary N) is 1. The molecule has 1 amide bonds. The van der Waals surface area contributed by atoms with Crippen molar-refractivity contribution in [3.05, 3.63) is 62.3 Å². The number of carboxylic acids is 1. The number of carboxylic acid groups (broad SMARTS) is 1. The molecule has 0 aromatic heterocycles. The second-order valence-electron chi connectivity index (χ2n) is 4.07. The number of hydrogen-bond acceptors (Lipinski definition) is 2. The SMILES string of the molecule is O=C(Nc1cc(Br)ccc1C(=O)O)c1cc(Br)ccc1F. The molecule has 7 heteroatoms. The van der Waals surface area contributed by atoms with Gasteiger partial charge in [0.2, 0.25) is 0 Å². The topological polar surface area (TPSA) is 66.4 Å². The number of amides is 1. The molecule has 0 heterocycles. The zero-order chi connectivity index (χ0) is 15.6. The maximum atomic E-state index is 13.7. The van der Waals surface area contributed by atoms with Crippen LogP contribution in [0, 0.1) is 5.82 Å². The van der Waals surface area contributed by atoms with Gasteiger partial charge in [-0.2, -0.15) is 0 Å². The lowest BCUT2D eigenvalue weighted by Crippen LogP contribution is -2.16. The van der Waals surface area contributed by atoms with Crippen molar-refractivity contribution in [2.75, 3.05) is 5.32 Å². The fraction of sp³-hybridized carbons (Fsp3) is 0. The van der Waals surface area contributed by atoms with E-state index in [2.05, 4.69) is 37.2 Å². The average Bonchev–Trinajstić information content (AvgIpc) is 2.41. The molecule has 0 radical (unpaired) electrons. The van der Waals surface area contributed by atoms with Crippen LogP contribution < -0.4 is 5.32 Å². The minimum absolute atomic E-state index is 0.0815. The minimum Gasteiger partial charge on any atom is -0.478 e. The van der Waals surface area contributed by atoms with Gasteiger partial charge in [0.1, 0.15) is 5.82 Å². The highest BCUT2D eigenvalue weighted by molar-refractivity contribution is 9.10. The van der Waals surface area contributed by atoms with Crippen LogP contribution >= 0.6 is 31.9 Å². The molecule has 0 unspecified atom stereocenters.